The maximum absolute atomic E-state index is 13.1. The predicted octanol–water partition coefficient (Wildman–Crippen LogP) is 6.01. The van der Waals surface area contributed by atoms with Crippen LogP contribution in [0, 0.1) is 0 Å². The lowest BCUT2D eigenvalue weighted by Crippen LogP contribution is -2.48. The third kappa shape index (κ3) is 4.98. The smallest absolute Gasteiger partial charge is 0.411 e. The number of benzene rings is 2. The molecule has 3 atom stereocenters. The summed E-state index contributed by atoms with van der Waals surface area (Å²) in [5.74, 6) is 0. The zero-order valence-electron chi connectivity index (χ0n) is 19.2. The van der Waals surface area contributed by atoms with E-state index in [1.807, 2.05) is 44.2 Å². The van der Waals surface area contributed by atoms with E-state index < -0.39 is 5.60 Å². The SMILES string of the molecule is CC(N)c1ccc(-c2ccc(C(C)N3CCC(CCCO)(c4ccccc4)OC3=O)cc2)s1. The number of carbonyl (C=O) groups is 1. The first-order valence-corrected chi connectivity index (χ1v) is 12.4. The maximum Gasteiger partial charge on any atom is 0.411 e. The van der Waals surface area contributed by atoms with Crippen LogP contribution in [-0.4, -0.2) is 29.3 Å². The van der Waals surface area contributed by atoms with Crippen LogP contribution in [0.25, 0.3) is 10.4 Å². The Bertz CT molecular complexity index is 1060. The van der Waals surface area contributed by atoms with Crippen molar-refractivity contribution in [3.8, 4) is 10.4 Å². The molecule has 1 saturated heterocycles. The monoisotopic (exact) mass is 464 g/mol. The van der Waals surface area contributed by atoms with Gasteiger partial charge in [0.05, 0.1) is 6.04 Å². The molecule has 0 saturated carbocycles. The number of carbonyl (C=O) groups excluding carboxylic acids is 1. The molecule has 33 heavy (non-hydrogen) atoms. The number of aliphatic hydroxyl groups excluding tert-OH is 1. The molecule has 6 heteroatoms. The highest BCUT2D eigenvalue weighted by Gasteiger charge is 2.43. The van der Waals surface area contributed by atoms with Crippen LogP contribution >= 0.6 is 11.3 Å². The molecular weight excluding hydrogens is 432 g/mol. The van der Waals surface area contributed by atoms with E-state index >= 15 is 0 Å². The van der Waals surface area contributed by atoms with Crippen molar-refractivity contribution in [2.24, 2.45) is 5.73 Å². The molecule has 2 heterocycles. The Morgan fingerprint density at radius 1 is 1.09 bits per heavy atom. The molecule has 0 spiro atoms. The molecule has 1 fully saturated rings. The number of hydrogen-bond acceptors (Lipinski definition) is 5. The molecule has 3 unspecified atom stereocenters. The standard InChI is InChI=1S/C27H32N2O3S/c1-19(28)24-13-14-25(33-24)22-11-9-21(10-12-22)20(2)29-17-16-27(15-6-18-30,32-26(29)31)23-7-4-3-5-8-23/h3-5,7-14,19-20,30H,6,15-18,28H2,1-2H3. The van der Waals surface area contributed by atoms with Crippen molar-refractivity contribution in [1.82, 2.24) is 4.90 Å². The Balaban J connectivity index is 1.49. The highest BCUT2D eigenvalue weighted by atomic mass is 32.1. The number of hydrogen-bond donors (Lipinski definition) is 2. The summed E-state index contributed by atoms with van der Waals surface area (Å²) in [6.07, 6.45) is 1.59. The highest BCUT2D eigenvalue weighted by Crippen LogP contribution is 2.40. The van der Waals surface area contributed by atoms with Crippen LogP contribution in [0.4, 0.5) is 4.79 Å². The van der Waals surface area contributed by atoms with Gasteiger partial charge in [0.25, 0.3) is 0 Å². The Morgan fingerprint density at radius 3 is 2.42 bits per heavy atom. The largest absolute Gasteiger partial charge is 0.438 e. The molecular formula is C27H32N2O3S. The summed E-state index contributed by atoms with van der Waals surface area (Å²) < 4.78 is 6.10. The van der Waals surface area contributed by atoms with Gasteiger partial charge in [-0.3, -0.25) is 0 Å². The van der Waals surface area contributed by atoms with E-state index in [2.05, 4.69) is 36.4 Å². The summed E-state index contributed by atoms with van der Waals surface area (Å²) in [5.41, 5.74) is 8.53. The van der Waals surface area contributed by atoms with Gasteiger partial charge < -0.3 is 20.5 Å². The summed E-state index contributed by atoms with van der Waals surface area (Å²) >= 11 is 1.71. The summed E-state index contributed by atoms with van der Waals surface area (Å²) in [4.78, 5) is 17.3. The molecule has 4 rings (SSSR count). The second kappa shape index (κ2) is 10.1. The zero-order chi connectivity index (χ0) is 23.4. The van der Waals surface area contributed by atoms with Crippen molar-refractivity contribution in [3.63, 3.8) is 0 Å². The highest BCUT2D eigenvalue weighted by molar-refractivity contribution is 7.15. The number of ether oxygens (including phenoxy) is 1. The minimum Gasteiger partial charge on any atom is -0.438 e. The fourth-order valence-corrected chi connectivity index (χ4v) is 5.48. The van der Waals surface area contributed by atoms with Crippen molar-refractivity contribution in [1.29, 1.82) is 0 Å². The lowest BCUT2D eigenvalue weighted by molar-refractivity contribution is -0.0680. The summed E-state index contributed by atoms with van der Waals surface area (Å²) in [6, 6.07) is 22.4. The molecule has 5 nitrogen and oxygen atoms in total. The average Bonchev–Trinajstić information content (AvgIpc) is 3.34. The molecule has 0 aliphatic carbocycles. The van der Waals surface area contributed by atoms with Gasteiger partial charge in [0.2, 0.25) is 0 Å². The van der Waals surface area contributed by atoms with Crippen LogP contribution in [0.15, 0.2) is 66.7 Å². The van der Waals surface area contributed by atoms with Crippen LogP contribution < -0.4 is 5.73 Å². The van der Waals surface area contributed by atoms with Crippen molar-refractivity contribution in [3.05, 3.63) is 82.7 Å². The van der Waals surface area contributed by atoms with Gasteiger partial charge in [-0.15, -0.1) is 11.3 Å². The quantitative estimate of drug-likeness (QED) is 0.428. The van der Waals surface area contributed by atoms with Gasteiger partial charge in [-0.2, -0.15) is 0 Å². The van der Waals surface area contributed by atoms with Gasteiger partial charge in [-0.1, -0.05) is 54.6 Å². The molecule has 0 bridgehead atoms. The van der Waals surface area contributed by atoms with E-state index in [4.69, 9.17) is 10.5 Å². The topological polar surface area (TPSA) is 75.8 Å². The van der Waals surface area contributed by atoms with Crippen LogP contribution in [0.2, 0.25) is 0 Å². The molecule has 1 aliphatic heterocycles. The first-order valence-electron chi connectivity index (χ1n) is 11.6. The van der Waals surface area contributed by atoms with E-state index in [0.717, 1.165) is 16.7 Å². The van der Waals surface area contributed by atoms with E-state index in [9.17, 15) is 9.90 Å². The van der Waals surface area contributed by atoms with Crippen molar-refractivity contribution >= 4 is 17.4 Å². The fraction of sp³-hybridized carbons (Fsp3) is 0.370. The average molecular weight is 465 g/mol. The zero-order valence-corrected chi connectivity index (χ0v) is 20.1. The molecule has 3 aromatic rings. The van der Waals surface area contributed by atoms with Gasteiger partial charge in [-0.05, 0) is 55.5 Å². The van der Waals surface area contributed by atoms with Crippen LogP contribution in [-0.2, 0) is 10.3 Å². The number of nitrogens with zero attached hydrogens (tertiary/aromatic N) is 1. The fourth-order valence-electron chi connectivity index (χ4n) is 4.51. The van der Waals surface area contributed by atoms with E-state index in [1.54, 1.807) is 16.2 Å². The molecule has 1 aliphatic rings. The number of aliphatic hydroxyl groups is 1. The van der Waals surface area contributed by atoms with Crippen LogP contribution in [0.1, 0.15) is 61.2 Å². The number of rotatable bonds is 8. The van der Waals surface area contributed by atoms with E-state index in [-0.39, 0.29) is 24.8 Å². The van der Waals surface area contributed by atoms with Gasteiger partial charge >= 0.3 is 6.09 Å². The third-order valence-electron chi connectivity index (χ3n) is 6.53. The van der Waals surface area contributed by atoms with Crippen LogP contribution in [0.5, 0.6) is 0 Å². The van der Waals surface area contributed by atoms with Crippen molar-refractivity contribution in [2.45, 2.75) is 50.8 Å². The van der Waals surface area contributed by atoms with E-state index in [0.29, 0.717) is 25.8 Å². The first-order chi connectivity index (χ1) is 15.9. The summed E-state index contributed by atoms with van der Waals surface area (Å²) in [7, 11) is 0. The van der Waals surface area contributed by atoms with E-state index in [1.165, 1.54) is 9.75 Å². The van der Waals surface area contributed by atoms with Gasteiger partial charge in [0, 0.05) is 35.4 Å². The minimum atomic E-state index is -0.682. The molecule has 0 radical (unpaired) electrons. The van der Waals surface area contributed by atoms with Crippen LogP contribution in [0.3, 0.4) is 0 Å². The second-order valence-corrected chi connectivity index (χ2v) is 9.90. The second-order valence-electron chi connectivity index (χ2n) is 8.79. The Morgan fingerprint density at radius 2 is 1.82 bits per heavy atom. The first kappa shape index (κ1) is 23.5. The summed E-state index contributed by atoms with van der Waals surface area (Å²) in [6.45, 7) is 4.71. The normalized spacial score (nSPS) is 20.4. The Labute approximate surface area is 199 Å². The number of amides is 1. The Hall–Kier alpha value is -2.67. The van der Waals surface area contributed by atoms with Gasteiger partial charge in [-0.25, -0.2) is 4.79 Å². The molecule has 3 N–H and O–H groups in total. The maximum atomic E-state index is 13.1. The van der Waals surface area contributed by atoms with Crippen molar-refractivity contribution < 1.29 is 14.6 Å². The van der Waals surface area contributed by atoms with Crippen molar-refractivity contribution in [2.75, 3.05) is 13.2 Å². The number of nitrogens with two attached hydrogens (primary N) is 1. The molecule has 174 valence electrons. The lowest BCUT2D eigenvalue weighted by atomic mass is 9.84. The van der Waals surface area contributed by atoms with Gasteiger partial charge in [0.15, 0.2) is 0 Å². The van der Waals surface area contributed by atoms with Gasteiger partial charge in [0.1, 0.15) is 5.60 Å². The minimum absolute atomic E-state index is 0.0357. The number of thiophene rings is 1. The molecule has 2 aromatic carbocycles. The Kier molecular flexibility index (Phi) is 7.17. The third-order valence-corrected chi connectivity index (χ3v) is 7.87. The summed E-state index contributed by atoms with van der Waals surface area (Å²) in [5, 5.41) is 9.39. The lowest BCUT2D eigenvalue weighted by Gasteiger charge is -2.43. The number of cyclic esters (lactones) is 1. The molecule has 1 amide bonds. The predicted molar refractivity (Wildman–Crippen MR) is 133 cm³/mol. The molecule has 1 aromatic heterocycles.